The first-order valence-electron chi connectivity index (χ1n) is 8.52. The molecule has 0 N–H and O–H groups in total. The molecule has 2 aliphatic heterocycles. The maximum absolute atomic E-state index is 11.9. The van der Waals surface area contributed by atoms with E-state index in [0.717, 1.165) is 38.3 Å². The third kappa shape index (κ3) is 2.51. The van der Waals surface area contributed by atoms with Crippen molar-refractivity contribution in [2.24, 2.45) is 0 Å². The fourth-order valence-corrected chi connectivity index (χ4v) is 4.17. The lowest BCUT2D eigenvalue weighted by Crippen LogP contribution is -2.47. The fraction of sp³-hybridized carbons (Fsp3) is 0.867. The Bertz CT molecular complexity index is 554. The summed E-state index contributed by atoms with van der Waals surface area (Å²) in [7, 11) is 0. The van der Waals surface area contributed by atoms with Crippen LogP contribution in [-0.4, -0.2) is 61.1 Å². The number of likely N-dealkylation sites (tertiary alicyclic amines) is 2. The summed E-state index contributed by atoms with van der Waals surface area (Å²) in [4.78, 5) is 16.4. The summed E-state index contributed by atoms with van der Waals surface area (Å²) < 4.78 is 2.01. The van der Waals surface area contributed by atoms with Gasteiger partial charge in [0.15, 0.2) is 5.82 Å². The van der Waals surface area contributed by atoms with E-state index in [4.69, 9.17) is 0 Å². The summed E-state index contributed by atoms with van der Waals surface area (Å²) in [5, 5.41) is 12.2. The van der Waals surface area contributed by atoms with E-state index in [-0.39, 0.29) is 5.91 Å². The van der Waals surface area contributed by atoms with Crippen molar-refractivity contribution in [2.45, 2.75) is 70.1 Å². The van der Waals surface area contributed by atoms with Crippen LogP contribution in [0.25, 0.3) is 0 Å². The Labute approximate surface area is 130 Å². The first-order valence-corrected chi connectivity index (χ1v) is 8.52. The number of nitrogens with zero attached hydrogens (tertiary/aromatic N) is 6. The van der Waals surface area contributed by atoms with E-state index in [0.29, 0.717) is 18.1 Å². The van der Waals surface area contributed by atoms with Gasteiger partial charge in [0, 0.05) is 25.6 Å². The minimum atomic E-state index is 0.220. The number of carbonyl (C=O) groups is 1. The monoisotopic (exact) mass is 304 g/mol. The molecule has 7 heteroatoms. The average Bonchev–Trinajstić information content (AvgIpc) is 2.95. The van der Waals surface area contributed by atoms with E-state index < -0.39 is 0 Å². The Hall–Kier alpha value is -1.50. The van der Waals surface area contributed by atoms with Crippen LogP contribution in [0.4, 0.5) is 0 Å². The van der Waals surface area contributed by atoms with Crippen LogP contribution in [0.1, 0.15) is 57.3 Å². The first-order chi connectivity index (χ1) is 10.7. The number of rotatable bonds is 4. The van der Waals surface area contributed by atoms with Crippen molar-refractivity contribution in [3.8, 4) is 0 Å². The SMILES string of the molecule is CC(=O)N1CCCC1C1CCCN1Cc1nnnn1C1CC1. The van der Waals surface area contributed by atoms with Crippen molar-refractivity contribution in [1.29, 1.82) is 0 Å². The van der Waals surface area contributed by atoms with Crippen molar-refractivity contribution < 1.29 is 4.79 Å². The van der Waals surface area contributed by atoms with Gasteiger partial charge in [0.1, 0.15) is 0 Å². The van der Waals surface area contributed by atoms with E-state index in [2.05, 4.69) is 25.3 Å². The van der Waals surface area contributed by atoms with Gasteiger partial charge in [-0.2, -0.15) is 0 Å². The van der Waals surface area contributed by atoms with Gasteiger partial charge in [0.05, 0.1) is 12.6 Å². The zero-order valence-electron chi connectivity index (χ0n) is 13.2. The second-order valence-corrected chi connectivity index (χ2v) is 6.87. The molecule has 3 fully saturated rings. The molecule has 2 unspecified atom stereocenters. The van der Waals surface area contributed by atoms with Gasteiger partial charge in [-0.05, 0) is 55.5 Å². The quantitative estimate of drug-likeness (QED) is 0.829. The summed E-state index contributed by atoms with van der Waals surface area (Å²) in [5.74, 6) is 1.21. The van der Waals surface area contributed by atoms with Crippen LogP contribution >= 0.6 is 0 Å². The molecule has 4 rings (SSSR count). The predicted molar refractivity (Wildman–Crippen MR) is 79.9 cm³/mol. The van der Waals surface area contributed by atoms with Crippen molar-refractivity contribution >= 4 is 5.91 Å². The van der Waals surface area contributed by atoms with Crippen LogP contribution in [0, 0.1) is 0 Å². The summed E-state index contributed by atoms with van der Waals surface area (Å²) >= 11 is 0. The normalized spacial score (nSPS) is 29.4. The molecule has 22 heavy (non-hydrogen) atoms. The zero-order valence-corrected chi connectivity index (χ0v) is 13.2. The predicted octanol–water partition coefficient (Wildman–Crippen LogP) is 0.983. The van der Waals surface area contributed by atoms with Crippen molar-refractivity contribution in [1.82, 2.24) is 30.0 Å². The molecule has 3 heterocycles. The lowest BCUT2D eigenvalue weighted by atomic mass is 10.0. The Kier molecular flexibility index (Phi) is 3.60. The second-order valence-electron chi connectivity index (χ2n) is 6.87. The summed E-state index contributed by atoms with van der Waals surface area (Å²) in [6.07, 6.45) is 7.05. The van der Waals surface area contributed by atoms with Gasteiger partial charge in [0.25, 0.3) is 0 Å². The van der Waals surface area contributed by atoms with E-state index in [9.17, 15) is 4.79 Å². The molecule has 1 aliphatic carbocycles. The van der Waals surface area contributed by atoms with Crippen LogP contribution in [0.2, 0.25) is 0 Å². The lowest BCUT2D eigenvalue weighted by Gasteiger charge is -2.34. The highest BCUT2D eigenvalue weighted by molar-refractivity contribution is 5.74. The van der Waals surface area contributed by atoms with Crippen molar-refractivity contribution in [3.05, 3.63) is 5.82 Å². The van der Waals surface area contributed by atoms with Gasteiger partial charge in [-0.3, -0.25) is 9.69 Å². The topological polar surface area (TPSA) is 67.2 Å². The number of hydrogen-bond donors (Lipinski definition) is 0. The van der Waals surface area contributed by atoms with Crippen LogP contribution < -0.4 is 0 Å². The molecule has 7 nitrogen and oxygen atoms in total. The second kappa shape index (κ2) is 5.61. The van der Waals surface area contributed by atoms with E-state index >= 15 is 0 Å². The molecular weight excluding hydrogens is 280 g/mol. The minimum absolute atomic E-state index is 0.220. The molecule has 2 atom stereocenters. The lowest BCUT2D eigenvalue weighted by molar-refractivity contribution is -0.130. The van der Waals surface area contributed by atoms with Gasteiger partial charge in [-0.25, -0.2) is 4.68 Å². The number of aromatic nitrogens is 4. The van der Waals surface area contributed by atoms with Gasteiger partial charge < -0.3 is 4.90 Å². The average molecular weight is 304 g/mol. The highest BCUT2D eigenvalue weighted by Crippen LogP contribution is 2.35. The summed E-state index contributed by atoms with van der Waals surface area (Å²) in [6.45, 7) is 4.52. The standard InChI is InChI=1S/C15H24N6O/c1-11(22)20-9-3-5-14(20)13-4-2-8-19(13)10-15-16-17-18-21(15)12-6-7-12/h12-14H,2-10H2,1H3. The van der Waals surface area contributed by atoms with Gasteiger partial charge in [-0.15, -0.1) is 5.10 Å². The third-order valence-corrected chi connectivity index (χ3v) is 5.36. The molecule has 1 saturated carbocycles. The Morgan fingerprint density at radius 1 is 1.14 bits per heavy atom. The van der Waals surface area contributed by atoms with Crippen LogP contribution in [0.3, 0.4) is 0 Å². The minimum Gasteiger partial charge on any atom is -0.338 e. The Balaban J connectivity index is 1.49. The van der Waals surface area contributed by atoms with Crippen LogP contribution in [0.15, 0.2) is 0 Å². The van der Waals surface area contributed by atoms with E-state index in [1.807, 2.05) is 4.68 Å². The van der Waals surface area contributed by atoms with Gasteiger partial charge >= 0.3 is 0 Å². The summed E-state index contributed by atoms with van der Waals surface area (Å²) in [5.41, 5.74) is 0. The molecular formula is C15H24N6O. The summed E-state index contributed by atoms with van der Waals surface area (Å²) in [6, 6.07) is 1.37. The molecule has 0 bridgehead atoms. The molecule has 0 spiro atoms. The molecule has 1 aromatic rings. The fourth-order valence-electron chi connectivity index (χ4n) is 4.17. The van der Waals surface area contributed by atoms with Crippen molar-refractivity contribution in [2.75, 3.05) is 13.1 Å². The highest BCUT2D eigenvalue weighted by atomic mass is 16.2. The molecule has 0 aromatic carbocycles. The highest BCUT2D eigenvalue weighted by Gasteiger charge is 2.39. The third-order valence-electron chi connectivity index (χ3n) is 5.36. The molecule has 120 valence electrons. The molecule has 2 saturated heterocycles. The zero-order chi connectivity index (χ0) is 15.1. The largest absolute Gasteiger partial charge is 0.338 e. The number of amides is 1. The smallest absolute Gasteiger partial charge is 0.219 e. The van der Waals surface area contributed by atoms with Crippen LogP contribution in [-0.2, 0) is 11.3 Å². The Morgan fingerprint density at radius 2 is 1.91 bits per heavy atom. The van der Waals surface area contributed by atoms with Gasteiger partial charge in [-0.1, -0.05) is 0 Å². The molecule has 1 amide bonds. The first kappa shape index (κ1) is 14.1. The van der Waals surface area contributed by atoms with Crippen LogP contribution in [0.5, 0.6) is 0 Å². The number of hydrogen-bond acceptors (Lipinski definition) is 5. The molecule has 3 aliphatic rings. The van der Waals surface area contributed by atoms with E-state index in [1.54, 1.807) is 6.92 Å². The number of tetrazole rings is 1. The maximum Gasteiger partial charge on any atom is 0.219 e. The molecule has 0 radical (unpaired) electrons. The van der Waals surface area contributed by atoms with Crippen molar-refractivity contribution in [3.63, 3.8) is 0 Å². The molecule has 1 aromatic heterocycles. The maximum atomic E-state index is 11.9. The van der Waals surface area contributed by atoms with E-state index in [1.165, 1.54) is 25.7 Å². The van der Waals surface area contributed by atoms with Gasteiger partial charge in [0.2, 0.25) is 5.91 Å². The number of carbonyl (C=O) groups excluding carboxylic acids is 1. The Morgan fingerprint density at radius 3 is 2.68 bits per heavy atom.